The van der Waals surface area contributed by atoms with Gasteiger partial charge in [-0.1, -0.05) is 0 Å². The number of hydrogen-bond acceptors (Lipinski definition) is 3. The molecule has 1 aromatic rings. The first-order valence-electron chi connectivity index (χ1n) is 9.62. The maximum atomic E-state index is 12.6. The van der Waals surface area contributed by atoms with E-state index in [1.807, 2.05) is 43.3 Å². The fourth-order valence-electron chi connectivity index (χ4n) is 4.56. The summed E-state index contributed by atoms with van der Waals surface area (Å²) < 4.78 is 0. The van der Waals surface area contributed by atoms with Crippen LogP contribution < -0.4 is 20.4 Å². The van der Waals surface area contributed by atoms with Gasteiger partial charge in [0.2, 0.25) is 5.91 Å². The average molecular weight is 359 g/mol. The molecule has 0 spiro atoms. The first kappa shape index (κ1) is 18.7. The van der Waals surface area contributed by atoms with Crippen molar-refractivity contribution >= 4 is 23.2 Å². The van der Waals surface area contributed by atoms with Crippen LogP contribution in [0.15, 0.2) is 24.3 Å². The zero-order valence-electron chi connectivity index (χ0n) is 16.0. The largest absolute Gasteiger partial charge is 0.378 e. The van der Waals surface area contributed by atoms with Gasteiger partial charge in [-0.25, -0.2) is 0 Å². The zero-order valence-corrected chi connectivity index (χ0v) is 16.0. The first-order chi connectivity index (χ1) is 12.4. The van der Waals surface area contributed by atoms with Gasteiger partial charge in [-0.15, -0.1) is 0 Å². The van der Waals surface area contributed by atoms with E-state index in [1.54, 1.807) is 6.92 Å². The molecule has 1 aromatic carbocycles. The average Bonchev–Trinajstić information content (AvgIpc) is 2.55. The van der Waals surface area contributed by atoms with Crippen molar-refractivity contribution in [1.29, 1.82) is 0 Å². The summed E-state index contributed by atoms with van der Waals surface area (Å²) in [6.07, 6.45) is 5.49. The summed E-state index contributed by atoms with van der Waals surface area (Å²) in [7, 11) is 4.00. The van der Waals surface area contributed by atoms with Gasteiger partial charge in [0.05, 0.1) is 12.1 Å². The summed E-state index contributed by atoms with van der Waals surface area (Å²) >= 11 is 0. The van der Waals surface area contributed by atoms with Gasteiger partial charge in [-0.05, 0) is 43.5 Å². The van der Waals surface area contributed by atoms with Crippen LogP contribution >= 0.6 is 0 Å². The Balaban J connectivity index is 1.57. The number of nitrogens with one attached hydrogen (secondary N) is 3. The lowest BCUT2D eigenvalue weighted by Crippen LogP contribution is -3.22. The normalized spacial score (nSPS) is 27.5. The number of benzene rings is 1. The molecular formula is C20H31N4O2+. The van der Waals surface area contributed by atoms with Gasteiger partial charge in [0.15, 0.2) is 6.54 Å². The molecule has 2 fully saturated rings. The Labute approximate surface area is 155 Å². The molecule has 2 bridgehead atoms. The van der Waals surface area contributed by atoms with Crippen LogP contribution in [0, 0.1) is 0 Å². The molecule has 3 N–H and O–H groups in total. The molecule has 26 heavy (non-hydrogen) atoms. The molecule has 3 rings (SSSR count). The van der Waals surface area contributed by atoms with Crippen molar-refractivity contribution in [3.8, 4) is 0 Å². The first-order valence-corrected chi connectivity index (χ1v) is 9.62. The predicted molar refractivity (Wildman–Crippen MR) is 103 cm³/mol. The van der Waals surface area contributed by atoms with E-state index >= 15 is 0 Å². The van der Waals surface area contributed by atoms with Gasteiger partial charge in [0.1, 0.15) is 0 Å². The predicted octanol–water partition coefficient (Wildman–Crippen LogP) is 0.796. The number of piperidine rings is 2. The fraction of sp³-hybridized carbons (Fsp3) is 0.600. The number of amides is 2. The zero-order chi connectivity index (χ0) is 18.7. The molecule has 2 aliphatic heterocycles. The Bertz CT molecular complexity index is 630. The maximum absolute atomic E-state index is 12.6. The van der Waals surface area contributed by atoms with E-state index in [2.05, 4.69) is 10.6 Å². The molecule has 2 aliphatic rings. The lowest BCUT2D eigenvalue weighted by molar-refractivity contribution is -0.953. The Morgan fingerprint density at radius 3 is 2.27 bits per heavy atom. The molecule has 0 aromatic heterocycles. The third-order valence-electron chi connectivity index (χ3n) is 5.73. The molecular weight excluding hydrogens is 328 g/mol. The van der Waals surface area contributed by atoms with Crippen LogP contribution in [0.3, 0.4) is 0 Å². The molecule has 0 saturated carbocycles. The second-order valence-corrected chi connectivity index (χ2v) is 7.93. The molecule has 2 unspecified atom stereocenters. The number of anilines is 2. The van der Waals surface area contributed by atoms with E-state index in [4.69, 9.17) is 0 Å². The standard InChI is InChI=1S/C20H30N4O2/c1-14(25)21-16-11-18-5-4-6-19(12-16)24(18)13-20(26)22-15-7-9-17(10-8-15)23(2)3/h7-10,16,18-19H,4-6,11-13H2,1-3H3,(H,21,25)(H,22,26)/p+1/t16?,18-,19+. The highest BCUT2D eigenvalue weighted by Gasteiger charge is 2.42. The smallest absolute Gasteiger partial charge is 0.279 e. The Hall–Kier alpha value is -2.08. The summed E-state index contributed by atoms with van der Waals surface area (Å²) in [4.78, 5) is 27.4. The monoisotopic (exact) mass is 359 g/mol. The second kappa shape index (κ2) is 8.08. The van der Waals surface area contributed by atoms with E-state index < -0.39 is 0 Å². The van der Waals surface area contributed by atoms with Crippen LogP contribution in [0.5, 0.6) is 0 Å². The van der Waals surface area contributed by atoms with Crippen molar-refractivity contribution in [3.63, 3.8) is 0 Å². The minimum atomic E-state index is 0.0513. The molecule has 0 aliphatic carbocycles. The highest BCUT2D eigenvalue weighted by molar-refractivity contribution is 5.91. The van der Waals surface area contributed by atoms with Gasteiger partial charge in [-0.3, -0.25) is 9.59 Å². The van der Waals surface area contributed by atoms with Crippen molar-refractivity contribution in [1.82, 2.24) is 5.32 Å². The third kappa shape index (κ3) is 4.55. The number of hydrogen-bond donors (Lipinski definition) is 3. The van der Waals surface area contributed by atoms with Crippen LogP contribution in [0.1, 0.15) is 39.0 Å². The number of carbonyl (C=O) groups excluding carboxylic acids is 2. The summed E-state index contributed by atoms with van der Waals surface area (Å²) in [5, 5.41) is 6.12. The Morgan fingerprint density at radius 2 is 1.73 bits per heavy atom. The van der Waals surface area contributed by atoms with Gasteiger partial charge < -0.3 is 20.4 Å². The van der Waals surface area contributed by atoms with Crippen molar-refractivity contribution in [2.45, 2.75) is 57.2 Å². The number of carbonyl (C=O) groups is 2. The van der Waals surface area contributed by atoms with Crippen molar-refractivity contribution in [3.05, 3.63) is 24.3 Å². The van der Waals surface area contributed by atoms with Gasteiger partial charge in [0, 0.05) is 51.3 Å². The summed E-state index contributed by atoms with van der Waals surface area (Å²) in [6.45, 7) is 2.10. The van der Waals surface area contributed by atoms with E-state index in [1.165, 1.54) is 11.3 Å². The van der Waals surface area contributed by atoms with Crippen LogP contribution in [0.4, 0.5) is 11.4 Å². The number of nitrogens with zero attached hydrogens (tertiary/aromatic N) is 1. The van der Waals surface area contributed by atoms with Crippen molar-refractivity contribution in [2.24, 2.45) is 0 Å². The van der Waals surface area contributed by atoms with Crippen LogP contribution in [-0.4, -0.2) is 50.6 Å². The number of fused-ring (bicyclic) bond motifs is 2. The van der Waals surface area contributed by atoms with Gasteiger partial charge >= 0.3 is 0 Å². The Morgan fingerprint density at radius 1 is 1.12 bits per heavy atom. The van der Waals surface area contributed by atoms with Crippen LogP contribution in [0.25, 0.3) is 0 Å². The van der Waals surface area contributed by atoms with E-state index in [0.717, 1.165) is 37.1 Å². The summed E-state index contributed by atoms with van der Waals surface area (Å²) in [5.41, 5.74) is 1.96. The minimum absolute atomic E-state index is 0.0513. The lowest BCUT2D eigenvalue weighted by atomic mass is 9.81. The molecule has 6 heteroatoms. The topological polar surface area (TPSA) is 65.9 Å². The summed E-state index contributed by atoms with van der Waals surface area (Å²) in [6, 6.07) is 9.14. The summed E-state index contributed by atoms with van der Waals surface area (Å²) in [5.74, 6) is 0.128. The molecule has 0 radical (unpaired) electrons. The molecule has 2 saturated heterocycles. The fourth-order valence-corrected chi connectivity index (χ4v) is 4.56. The molecule has 142 valence electrons. The highest BCUT2D eigenvalue weighted by Crippen LogP contribution is 2.22. The van der Waals surface area contributed by atoms with E-state index in [9.17, 15) is 9.59 Å². The third-order valence-corrected chi connectivity index (χ3v) is 5.73. The van der Waals surface area contributed by atoms with Crippen molar-refractivity contribution in [2.75, 3.05) is 30.9 Å². The SMILES string of the molecule is CC(=O)NC1C[C@H]2CCC[C@@H](C1)[NH+]2CC(=O)Nc1ccc(N(C)C)cc1. The molecule has 4 atom stereocenters. The number of rotatable bonds is 5. The highest BCUT2D eigenvalue weighted by atomic mass is 16.2. The van der Waals surface area contributed by atoms with Gasteiger partial charge in [0.25, 0.3) is 5.91 Å². The molecule has 6 nitrogen and oxygen atoms in total. The minimum Gasteiger partial charge on any atom is -0.378 e. The van der Waals surface area contributed by atoms with Crippen LogP contribution in [-0.2, 0) is 9.59 Å². The van der Waals surface area contributed by atoms with Gasteiger partial charge in [-0.2, -0.15) is 0 Å². The molecule has 2 heterocycles. The lowest BCUT2D eigenvalue weighted by Gasteiger charge is -2.45. The van der Waals surface area contributed by atoms with Crippen molar-refractivity contribution < 1.29 is 14.5 Å². The van der Waals surface area contributed by atoms with E-state index in [-0.39, 0.29) is 17.9 Å². The molecule has 2 amide bonds. The van der Waals surface area contributed by atoms with Crippen LogP contribution in [0.2, 0.25) is 0 Å². The quantitative estimate of drug-likeness (QED) is 0.728. The number of quaternary nitrogens is 1. The second-order valence-electron chi connectivity index (χ2n) is 7.93. The Kier molecular flexibility index (Phi) is 5.81. The van der Waals surface area contributed by atoms with E-state index in [0.29, 0.717) is 18.6 Å². The maximum Gasteiger partial charge on any atom is 0.279 e.